The van der Waals surface area contributed by atoms with Crippen LogP contribution in [0.25, 0.3) is 0 Å². The highest BCUT2D eigenvalue weighted by atomic mass is 16.1. The maximum atomic E-state index is 11.2. The molecule has 1 atom stereocenters. The van der Waals surface area contributed by atoms with E-state index in [0.29, 0.717) is 5.92 Å². The summed E-state index contributed by atoms with van der Waals surface area (Å²) in [6.07, 6.45) is 0. The molecule has 0 bridgehead atoms. The summed E-state index contributed by atoms with van der Waals surface area (Å²) in [7, 11) is 0. The predicted octanol–water partition coefficient (Wildman–Crippen LogP) is 3.50. The number of Topliss-reactive ketones (excluding diaryl/α,β-unsaturated/α-hetero) is 1. The average molecular weight is 190 g/mol. The Labute approximate surface area is 86.1 Å². The lowest BCUT2D eigenvalue weighted by Gasteiger charge is -2.10. The van der Waals surface area contributed by atoms with Crippen LogP contribution in [0.3, 0.4) is 0 Å². The van der Waals surface area contributed by atoms with Crippen molar-refractivity contribution in [2.45, 2.75) is 39.5 Å². The van der Waals surface area contributed by atoms with Gasteiger partial charge in [0.15, 0.2) is 0 Å². The maximum Gasteiger partial charge on any atom is 0.136 e. The highest BCUT2D eigenvalue weighted by Crippen LogP contribution is 2.20. The molecule has 0 saturated carbocycles. The largest absolute Gasteiger partial charge is 0.299 e. The van der Waals surface area contributed by atoms with Gasteiger partial charge in [-0.15, -0.1) is 0 Å². The molecule has 0 saturated heterocycles. The minimum absolute atomic E-state index is 0.0243. The van der Waals surface area contributed by atoms with E-state index in [2.05, 4.69) is 38.1 Å². The molecule has 0 aliphatic rings. The first-order valence-electron chi connectivity index (χ1n) is 5.12. The van der Waals surface area contributed by atoms with Crippen LogP contribution < -0.4 is 0 Å². The highest BCUT2D eigenvalue weighted by Gasteiger charge is 2.10. The highest BCUT2D eigenvalue weighted by molar-refractivity contribution is 5.82. The molecular weight excluding hydrogens is 172 g/mol. The fraction of sp³-hybridized carbons (Fsp3) is 0.462. The van der Waals surface area contributed by atoms with Crippen LogP contribution in [0.5, 0.6) is 0 Å². The molecule has 0 aromatic heterocycles. The van der Waals surface area contributed by atoms with Gasteiger partial charge in [0.05, 0.1) is 0 Å². The van der Waals surface area contributed by atoms with Crippen LogP contribution >= 0.6 is 0 Å². The van der Waals surface area contributed by atoms with Crippen molar-refractivity contribution in [3.05, 3.63) is 35.4 Å². The Morgan fingerprint density at radius 2 is 1.43 bits per heavy atom. The van der Waals surface area contributed by atoms with Gasteiger partial charge in [-0.2, -0.15) is 0 Å². The fourth-order valence-electron chi connectivity index (χ4n) is 1.40. The van der Waals surface area contributed by atoms with Crippen LogP contribution in [0, 0.1) is 0 Å². The summed E-state index contributed by atoms with van der Waals surface area (Å²) in [5, 5.41) is 0. The molecule has 0 spiro atoms. The molecule has 0 radical (unpaired) electrons. The first-order valence-corrected chi connectivity index (χ1v) is 5.12. The van der Waals surface area contributed by atoms with E-state index in [1.54, 1.807) is 6.92 Å². The van der Waals surface area contributed by atoms with Gasteiger partial charge in [-0.25, -0.2) is 0 Å². The first-order chi connectivity index (χ1) is 6.52. The van der Waals surface area contributed by atoms with Gasteiger partial charge in [0, 0.05) is 5.92 Å². The number of hydrogen-bond acceptors (Lipinski definition) is 1. The zero-order chi connectivity index (χ0) is 10.7. The van der Waals surface area contributed by atoms with E-state index >= 15 is 0 Å². The van der Waals surface area contributed by atoms with Crippen LogP contribution in [0.4, 0.5) is 0 Å². The molecule has 0 amide bonds. The van der Waals surface area contributed by atoms with Gasteiger partial charge < -0.3 is 0 Å². The molecular formula is C13H18O. The zero-order valence-corrected chi connectivity index (χ0v) is 9.37. The Kier molecular flexibility index (Phi) is 3.45. The molecule has 1 nitrogen and oxygen atoms in total. The molecule has 1 rings (SSSR count). The van der Waals surface area contributed by atoms with Gasteiger partial charge in [0.1, 0.15) is 5.78 Å². The van der Waals surface area contributed by atoms with Gasteiger partial charge in [0.25, 0.3) is 0 Å². The molecule has 0 aliphatic heterocycles. The molecule has 1 aromatic carbocycles. The minimum Gasteiger partial charge on any atom is -0.299 e. The van der Waals surface area contributed by atoms with Crippen molar-refractivity contribution >= 4 is 5.78 Å². The van der Waals surface area contributed by atoms with E-state index in [1.165, 1.54) is 5.56 Å². The summed E-state index contributed by atoms with van der Waals surface area (Å²) in [5.41, 5.74) is 2.44. The third-order valence-corrected chi connectivity index (χ3v) is 2.71. The third kappa shape index (κ3) is 2.44. The molecule has 1 aromatic rings. The number of carbonyl (C=O) groups excluding carboxylic acids is 1. The Hall–Kier alpha value is -1.11. The number of hydrogen-bond donors (Lipinski definition) is 0. The summed E-state index contributed by atoms with van der Waals surface area (Å²) in [5.74, 6) is 0.801. The van der Waals surface area contributed by atoms with Crippen molar-refractivity contribution in [3.63, 3.8) is 0 Å². The molecule has 14 heavy (non-hydrogen) atoms. The van der Waals surface area contributed by atoms with E-state index in [0.717, 1.165) is 5.56 Å². The summed E-state index contributed by atoms with van der Waals surface area (Å²) in [4.78, 5) is 11.2. The van der Waals surface area contributed by atoms with E-state index in [1.807, 2.05) is 6.92 Å². The molecule has 1 heteroatoms. The van der Waals surface area contributed by atoms with Crippen molar-refractivity contribution in [3.8, 4) is 0 Å². The Morgan fingerprint density at radius 3 is 1.79 bits per heavy atom. The monoisotopic (exact) mass is 190 g/mol. The van der Waals surface area contributed by atoms with Gasteiger partial charge in [-0.1, -0.05) is 45.0 Å². The number of carbonyl (C=O) groups is 1. The first kappa shape index (κ1) is 11.0. The van der Waals surface area contributed by atoms with Gasteiger partial charge >= 0.3 is 0 Å². The molecule has 1 unspecified atom stereocenters. The molecule has 76 valence electrons. The van der Waals surface area contributed by atoms with E-state index < -0.39 is 0 Å². The smallest absolute Gasteiger partial charge is 0.136 e. The van der Waals surface area contributed by atoms with Gasteiger partial charge in [-0.3, -0.25) is 4.79 Å². The Bertz CT molecular complexity index is 309. The van der Waals surface area contributed by atoms with Crippen molar-refractivity contribution in [2.75, 3.05) is 0 Å². The standard InChI is InChI=1S/C13H18O/c1-9(2)12-5-7-13(8-6-12)10(3)11(4)14/h5-10H,1-4H3. The minimum atomic E-state index is 0.0243. The maximum absolute atomic E-state index is 11.2. The summed E-state index contributed by atoms with van der Waals surface area (Å²) < 4.78 is 0. The zero-order valence-electron chi connectivity index (χ0n) is 9.37. The lowest BCUT2D eigenvalue weighted by Crippen LogP contribution is -2.04. The lowest BCUT2D eigenvalue weighted by molar-refractivity contribution is -0.118. The van der Waals surface area contributed by atoms with E-state index in [9.17, 15) is 4.79 Å². The number of ketones is 1. The molecule has 0 N–H and O–H groups in total. The van der Waals surface area contributed by atoms with Gasteiger partial charge in [0.2, 0.25) is 0 Å². The summed E-state index contributed by atoms with van der Waals surface area (Å²) in [6.45, 7) is 7.93. The Morgan fingerprint density at radius 1 is 1.00 bits per heavy atom. The Balaban J connectivity index is 2.88. The van der Waals surface area contributed by atoms with Crippen molar-refractivity contribution in [1.29, 1.82) is 0 Å². The number of benzene rings is 1. The van der Waals surface area contributed by atoms with E-state index in [4.69, 9.17) is 0 Å². The third-order valence-electron chi connectivity index (χ3n) is 2.71. The second kappa shape index (κ2) is 4.41. The van der Waals surface area contributed by atoms with Crippen molar-refractivity contribution in [2.24, 2.45) is 0 Å². The predicted molar refractivity (Wildman–Crippen MR) is 59.6 cm³/mol. The molecule has 0 aliphatic carbocycles. The van der Waals surface area contributed by atoms with Crippen molar-refractivity contribution < 1.29 is 4.79 Å². The van der Waals surface area contributed by atoms with Crippen LogP contribution in [0.2, 0.25) is 0 Å². The molecule has 0 fully saturated rings. The molecule has 0 heterocycles. The van der Waals surface area contributed by atoms with Crippen LogP contribution in [-0.4, -0.2) is 5.78 Å². The van der Waals surface area contributed by atoms with Crippen LogP contribution in [0.15, 0.2) is 24.3 Å². The van der Waals surface area contributed by atoms with Crippen LogP contribution in [0.1, 0.15) is 50.7 Å². The summed E-state index contributed by atoms with van der Waals surface area (Å²) in [6, 6.07) is 8.34. The number of rotatable bonds is 3. The van der Waals surface area contributed by atoms with Gasteiger partial charge in [-0.05, 0) is 24.0 Å². The normalized spacial score (nSPS) is 12.9. The van der Waals surface area contributed by atoms with Crippen LogP contribution in [-0.2, 0) is 4.79 Å². The average Bonchev–Trinajstić information content (AvgIpc) is 2.16. The second-order valence-electron chi connectivity index (χ2n) is 4.15. The summed E-state index contributed by atoms with van der Waals surface area (Å²) >= 11 is 0. The SMILES string of the molecule is CC(=O)C(C)c1ccc(C(C)C)cc1. The topological polar surface area (TPSA) is 17.1 Å². The van der Waals surface area contributed by atoms with Crippen molar-refractivity contribution in [1.82, 2.24) is 0 Å². The van der Waals surface area contributed by atoms with E-state index in [-0.39, 0.29) is 11.7 Å². The quantitative estimate of drug-likeness (QED) is 0.713. The second-order valence-corrected chi connectivity index (χ2v) is 4.15. The fourth-order valence-corrected chi connectivity index (χ4v) is 1.40. The lowest BCUT2D eigenvalue weighted by atomic mass is 9.94.